The van der Waals surface area contributed by atoms with Gasteiger partial charge in [0.2, 0.25) is 15.9 Å². The number of amides is 1. The van der Waals surface area contributed by atoms with Gasteiger partial charge in [-0.3, -0.25) is 4.79 Å². The molecule has 0 aliphatic carbocycles. The van der Waals surface area contributed by atoms with Gasteiger partial charge in [0.25, 0.3) is 0 Å². The van der Waals surface area contributed by atoms with Crippen molar-refractivity contribution >= 4 is 32.8 Å². The Morgan fingerprint density at radius 2 is 1.93 bits per heavy atom. The number of carbonyl (C=O) groups is 1. The lowest BCUT2D eigenvalue weighted by Crippen LogP contribution is -2.35. The third-order valence-electron chi connectivity index (χ3n) is 5.14. The third-order valence-corrected chi connectivity index (χ3v) is 7.04. The van der Waals surface area contributed by atoms with Crippen LogP contribution in [0.25, 0.3) is 11.0 Å². The molecule has 4 rings (SSSR count). The van der Waals surface area contributed by atoms with E-state index in [0.717, 1.165) is 24.8 Å². The van der Waals surface area contributed by atoms with E-state index in [1.54, 1.807) is 45.5 Å². The summed E-state index contributed by atoms with van der Waals surface area (Å²) in [6, 6.07) is 10.3. The van der Waals surface area contributed by atoms with Crippen LogP contribution in [0, 0.1) is 0 Å². The molecule has 1 aliphatic rings. The highest BCUT2D eigenvalue weighted by Crippen LogP contribution is 2.23. The van der Waals surface area contributed by atoms with Crippen LogP contribution in [-0.4, -0.2) is 51.7 Å². The van der Waals surface area contributed by atoms with Crippen LogP contribution in [0.1, 0.15) is 32.1 Å². The predicted octanol–water partition coefficient (Wildman–Crippen LogP) is 2.42. The predicted molar refractivity (Wildman–Crippen MR) is 112 cm³/mol. The summed E-state index contributed by atoms with van der Waals surface area (Å²) in [6.45, 7) is 1.63. The van der Waals surface area contributed by atoms with Crippen molar-refractivity contribution in [3.8, 4) is 0 Å². The summed E-state index contributed by atoms with van der Waals surface area (Å²) in [5.74, 6) is 0.407. The van der Waals surface area contributed by atoms with Crippen molar-refractivity contribution in [2.45, 2.75) is 43.5 Å². The fraction of sp³-hybridized carbons (Fsp3) is 0.400. The highest BCUT2D eigenvalue weighted by molar-refractivity contribution is 7.89. The molecule has 0 bridgehead atoms. The van der Waals surface area contributed by atoms with Crippen molar-refractivity contribution in [3.05, 3.63) is 42.6 Å². The quantitative estimate of drug-likeness (QED) is 0.619. The number of pyridine rings is 1. The second-order valence-electron chi connectivity index (χ2n) is 7.29. The Kier molecular flexibility index (Phi) is 6.05. The molecule has 3 heterocycles. The lowest BCUT2D eigenvalue weighted by Gasteiger charge is -2.25. The normalized spacial score (nSPS) is 15.3. The van der Waals surface area contributed by atoms with Gasteiger partial charge in [-0.1, -0.05) is 17.7 Å². The average molecular weight is 429 g/mol. The standard InChI is InChI=1S/C20H24N6O3S/c27-20(22-19-7-2-3-11-21-19)8-6-14-26-18-10-9-16(15-17(18)23-24-26)30(28,29)25-12-4-1-5-13-25/h2-3,7,9-11,15H,1,4-6,8,12-14H2,(H,21,22,27). The number of nitrogens with zero attached hydrogens (tertiary/aromatic N) is 5. The van der Waals surface area contributed by atoms with E-state index in [-0.39, 0.29) is 10.8 Å². The zero-order valence-electron chi connectivity index (χ0n) is 16.6. The molecular formula is C20H24N6O3S. The zero-order valence-corrected chi connectivity index (χ0v) is 17.4. The van der Waals surface area contributed by atoms with Crippen molar-refractivity contribution in [2.24, 2.45) is 0 Å². The van der Waals surface area contributed by atoms with E-state index in [1.807, 2.05) is 6.07 Å². The number of hydrogen-bond donors (Lipinski definition) is 1. The molecule has 30 heavy (non-hydrogen) atoms. The second-order valence-corrected chi connectivity index (χ2v) is 9.23. The highest BCUT2D eigenvalue weighted by Gasteiger charge is 2.26. The van der Waals surface area contributed by atoms with Gasteiger partial charge in [0, 0.05) is 32.3 Å². The van der Waals surface area contributed by atoms with Gasteiger partial charge in [0.15, 0.2) is 0 Å². The summed E-state index contributed by atoms with van der Waals surface area (Å²) in [7, 11) is -3.50. The van der Waals surface area contributed by atoms with Crippen LogP contribution in [0.2, 0.25) is 0 Å². The molecule has 1 fully saturated rings. The lowest BCUT2D eigenvalue weighted by atomic mass is 10.2. The first-order chi connectivity index (χ1) is 14.5. The molecule has 0 saturated carbocycles. The van der Waals surface area contributed by atoms with Crippen LogP contribution >= 0.6 is 0 Å². The topological polar surface area (TPSA) is 110 Å². The number of sulfonamides is 1. The van der Waals surface area contributed by atoms with Gasteiger partial charge < -0.3 is 5.32 Å². The van der Waals surface area contributed by atoms with E-state index >= 15 is 0 Å². The summed E-state index contributed by atoms with van der Waals surface area (Å²) < 4.78 is 29.0. The summed E-state index contributed by atoms with van der Waals surface area (Å²) >= 11 is 0. The molecule has 3 aromatic rings. The van der Waals surface area contributed by atoms with Crippen molar-refractivity contribution in [1.29, 1.82) is 0 Å². The van der Waals surface area contributed by atoms with Gasteiger partial charge in [0.1, 0.15) is 11.3 Å². The van der Waals surface area contributed by atoms with E-state index in [4.69, 9.17) is 0 Å². The van der Waals surface area contributed by atoms with E-state index in [9.17, 15) is 13.2 Å². The molecule has 9 nitrogen and oxygen atoms in total. The van der Waals surface area contributed by atoms with Crippen molar-refractivity contribution in [1.82, 2.24) is 24.3 Å². The Hall–Kier alpha value is -2.85. The van der Waals surface area contributed by atoms with Crippen LogP contribution in [0.5, 0.6) is 0 Å². The fourth-order valence-electron chi connectivity index (χ4n) is 3.56. The molecular weight excluding hydrogens is 404 g/mol. The minimum atomic E-state index is -3.50. The maximum absolute atomic E-state index is 12.9. The first-order valence-electron chi connectivity index (χ1n) is 10.1. The number of nitrogens with one attached hydrogen (secondary N) is 1. The van der Waals surface area contributed by atoms with E-state index < -0.39 is 10.0 Å². The van der Waals surface area contributed by atoms with Crippen molar-refractivity contribution < 1.29 is 13.2 Å². The second kappa shape index (κ2) is 8.88. The van der Waals surface area contributed by atoms with Crippen LogP contribution in [0.4, 0.5) is 5.82 Å². The molecule has 1 aromatic carbocycles. The summed E-state index contributed by atoms with van der Waals surface area (Å²) in [5, 5.41) is 11.0. The number of fused-ring (bicyclic) bond motifs is 1. The summed E-state index contributed by atoms with van der Waals surface area (Å²) in [4.78, 5) is 16.4. The van der Waals surface area contributed by atoms with Crippen LogP contribution in [-0.2, 0) is 21.4 Å². The molecule has 2 aromatic heterocycles. The molecule has 1 amide bonds. The Labute approximate surface area is 175 Å². The maximum Gasteiger partial charge on any atom is 0.243 e. The van der Waals surface area contributed by atoms with Gasteiger partial charge in [0.05, 0.1) is 10.4 Å². The minimum Gasteiger partial charge on any atom is -0.311 e. The van der Waals surface area contributed by atoms with Gasteiger partial charge in [-0.15, -0.1) is 5.10 Å². The molecule has 0 unspecified atom stereocenters. The van der Waals surface area contributed by atoms with Crippen LogP contribution in [0.3, 0.4) is 0 Å². The van der Waals surface area contributed by atoms with Crippen LogP contribution < -0.4 is 5.32 Å². The lowest BCUT2D eigenvalue weighted by molar-refractivity contribution is -0.116. The van der Waals surface area contributed by atoms with Gasteiger partial charge >= 0.3 is 0 Å². The number of benzene rings is 1. The SMILES string of the molecule is O=C(CCCn1nnc2cc(S(=O)(=O)N3CCCCC3)ccc21)Nc1ccccn1. The number of piperidine rings is 1. The van der Waals surface area contributed by atoms with Crippen molar-refractivity contribution in [3.63, 3.8) is 0 Å². The first-order valence-corrected chi connectivity index (χ1v) is 11.5. The Morgan fingerprint density at radius 1 is 1.10 bits per heavy atom. The summed E-state index contributed by atoms with van der Waals surface area (Å²) in [5.41, 5.74) is 1.28. The largest absolute Gasteiger partial charge is 0.311 e. The Bertz CT molecular complexity index is 1120. The molecule has 0 radical (unpaired) electrons. The maximum atomic E-state index is 12.9. The Balaban J connectivity index is 1.39. The monoisotopic (exact) mass is 428 g/mol. The van der Waals surface area contributed by atoms with Gasteiger partial charge in [-0.05, 0) is 49.6 Å². The van der Waals surface area contributed by atoms with Crippen LogP contribution in [0.15, 0.2) is 47.5 Å². The van der Waals surface area contributed by atoms with Crippen molar-refractivity contribution in [2.75, 3.05) is 18.4 Å². The molecule has 0 atom stereocenters. The molecule has 1 aliphatic heterocycles. The Morgan fingerprint density at radius 3 is 2.70 bits per heavy atom. The number of carbonyl (C=O) groups excluding carboxylic acids is 1. The number of rotatable bonds is 7. The number of anilines is 1. The number of aromatic nitrogens is 4. The molecule has 0 spiro atoms. The molecule has 158 valence electrons. The smallest absolute Gasteiger partial charge is 0.243 e. The average Bonchev–Trinajstić information content (AvgIpc) is 3.17. The van der Waals surface area contributed by atoms with E-state index in [1.165, 1.54) is 0 Å². The number of hydrogen-bond acceptors (Lipinski definition) is 6. The van der Waals surface area contributed by atoms with Gasteiger partial charge in [-0.25, -0.2) is 18.1 Å². The molecule has 10 heteroatoms. The zero-order chi connectivity index (χ0) is 21.0. The minimum absolute atomic E-state index is 0.118. The highest BCUT2D eigenvalue weighted by atomic mass is 32.2. The first kappa shape index (κ1) is 20.4. The molecule has 1 N–H and O–H groups in total. The van der Waals surface area contributed by atoms with E-state index in [2.05, 4.69) is 20.6 Å². The third kappa shape index (κ3) is 4.49. The fourth-order valence-corrected chi connectivity index (χ4v) is 5.10. The summed E-state index contributed by atoms with van der Waals surface area (Å²) in [6.07, 6.45) is 5.37. The number of aryl methyl sites for hydroxylation is 1. The van der Waals surface area contributed by atoms with E-state index in [0.29, 0.717) is 43.8 Å². The molecule has 1 saturated heterocycles. The van der Waals surface area contributed by atoms with Gasteiger partial charge in [-0.2, -0.15) is 4.31 Å².